The number of carbonyl (C=O) groups excluding carboxylic acids is 1. The molecule has 0 heterocycles. The van der Waals surface area contributed by atoms with Crippen LogP contribution in [0.15, 0.2) is 0 Å². The summed E-state index contributed by atoms with van der Waals surface area (Å²) in [6.45, 7) is 7.78. The molecule has 3 heteroatoms. The van der Waals surface area contributed by atoms with Gasteiger partial charge in [-0.3, -0.25) is 4.79 Å². The lowest BCUT2D eigenvalue weighted by Gasteiger charge is -2.22. The van der Waals surface area contributed by atoms with Gasteiger partial charge in [-0.2, -0.15) is 0 Å². The number of hydrogen-bond acceptors (Lipinski definition) is 2. The van der Waals surface area contributed by atoms with Crippen molar-refractivity contribution in [3.63, 3.8) is 0 Å². The Bertz CT molecular complexity index is 161. The zero-order valence-electron chi connectivity index (χ0n) is 9.05. The molecule has 0 aliphatic carbocycles. The summed E-state index contributed by atoms with van der Waals surface area (Å²) in [5.74, 6) is 0.0489. The lowest BCUT2D eigenvalue weighted by molar-refractivity contribution is -0.129. The molecule has 78 valence electrons. The lowest BCUT2D eigenvalue weighted by Crippen LogP contribution is -2.41. The average Bonchev–Trinajstić information content (AvgIpc) is 2.01. The third kappa shape index (κ3) is 4.88. The zero-order chi connectivity index (χ0) is 10.5. The smallest absolute Gasteiger partial charge is 0.225 e. The molecule has 2 N–H and O–H groups in total. The van der Waals surface area contributed by atoms with Gasteiger partial charge in [-0.25, -0.2) is 0 Å². The second-order valence-electron chi connectivity index (χ2n) is 4.34. The van der Waals surface area contributed by atoms with E-state index in [9.17, 15) is 4.79 Å². The normalized spacial score (nSPS) is 13.9. The van der Waals surface area contributed by atoms with E-state index < -0.39 is 0 Å². The maximum absolute atomic E-state index is 11.5. The largest absolute Gasteiger partial charge is 0.396 e. The highest BCUT2D eigenvalue weighted by Gasteiger charge is 2.22. The van der Waals surface area contributed by atoms with E-state index in [1.54, 1.807) is 0 Å². The topological polar surface area (TPSA) is 49.3 Å². The molecule has 1 unspecified atom stereocenters. The molecule has 0 aromatic carbocycles. The average molecular weight is 187 g/mol. The van der Waals surface area contributed by atoms with Gasteiger partial charge in [-0.15, -0.1) is 0 Å². The van der Waals surface area contributed by atoms with E-state index >= 15 is 0 Å². The molecule has 0 aliphatic rings. The number of amides is 1. The minimum atomic E-state index is -0.344. The first kappa shape index (κ1) is 12.4. The number of carbonyl (C=O) groups is 1. The Balaban J connectivity index is 4.01. The first-order chi connectivity index (χ1) is 5.91. The molecule has 1 atom stereocenters. The third-order valence-electron chi connectivity index (χ3n) is 1.99. The monoisotopic (exact) mass is 187 g/mol. The highest BCUT2D eigenvalue weighted by molar-refractivity contribution is 5.81. The molecule has 0 saturated carbocycles. The Labute approximate surface area is 80.5 Å². The Morgan fingerprint density at radius 1 is 1.46 bits per heavy atom. The van der Waals surface area contributed by atoms with Gasteiger partial charge >= 0.3 is 0 Å². The van der Waals surface area contributed by atoms with Crippen molar-refractivity contribution in [1.29, 1.82) is 0 Å². The maximum atomic E-state index is 11.5. The summed E-state index contributed by atoms with van der Waals surface area (Å²) in [5, 5.41) is 11.6. The summed E-state index contributed by atoms with van der Waals surface area (Å²) < 4.78 is 0. The minimum absolute atomic E-state index is 0.0489. The van der Waals surface area contributed by atoms with Gasteiger partial charge in [-0.05, 0) is 12.8 Å². The molecule has 0 aromatic heterocycles. The van der Waals surface area contributed by atoms with Gasteiger partial charge in [-0.1, -0.05) is 27.7 Å². The molecule has 0 rings (SSSR count). The van der Waals surface area contributed by atoms with Gasteiger partial charge < -0.3 is 10.4 Å². The molecule has 13 heavy (non-hydrogen) atoms. The number of aliphatic hydroxyl groups is 1. The van der Waals surface area contributed by atoms with Crippen LogP contribution in [0, 0.1) is 5.41 Å². The molecule has 0 saturated heterocycles. The molecule has 0 aliphatic heterocycles. The van der Waals surface area contributed by atoms with Crippen LogP contribution in [0.2, 0.25) is 0 Å². The first-order valence-corrected chi connectivity index (χ1v) is 4.83. The van der Waals surface area contributed by atoms with E-state index in [0.29, 0.717) is 6.42 Å². The predicted octanol–water partition coefficient (Wildman–Crippen LogP) is 1.31. The van der Waals surface area contributed by atoms with E-state index in [1.165, 1.54) is 0 Å². The maximum Gasteiger partial charge on any atom is 0.225 e. The van der Waals surface area contributed by atoms with Crippen molar-refractivity contribution in [2.75, 3.05) is 6.61 Å². The van der Waals surface area contributed by atoms with Crippen LogP contribution in [0.3, 0.4) is 0 Å². The lowest BCUT2D eigenvalue weighted by atomic mass is 9.95. The van der Waals surface area contributed by atoms with Crippen LogP contribution in [0.4, 0.5) is 0 Å². The predicted molar refractivity (Wildman–Crippen MR) is 53.4 cm³/mol. The van der Waals surface area contributed by atoms with Crippen LogP contribution in [-0.4, -0.2) is 23.7 Å². The summed E-state index contributed by atoms with van der Waals surface area (Å²) in [6, 6.07) is 0.108. The molecule has 0 spiro atoms. The van der Waals surface area contributed by atoms with Crippen molar-refractivity contribution in [2.45, 2.75) is 46.6 Å². The van der Waals surface area contributed by atoms with E-state index in [1.807, 2.05) is 27.7 Å². The van der Waals surface area contributed by atoms with E-state index in [4.69, 9.17) is 5.11 Å². The van der Waals surface area contributed by atoms with Gasteiger partial charge in [0.25, 0.3) is 0 Å². The van der Waals surface area contributed by atoms with Crippen molar-refractivity contribution < 1.29 is 9.90 Å². The Morgan fingerprint density at radius 2 is 2.00 bits per heavy atom. The summed E-state index contributed by atoms with van der Waals surface area (Å²) in [6.07, 6.45) is 1.50. The van der Waals surface area contributed by atoms with E-state index in [-0.39, 0.29) is 24.0 Å². The van der Waals surface area contributed by atoms with E-state index in [0.717, 1.165) is 6.42 Å². The molecule has 0 bridgehead atoms. The van der Waals surface area contributed by atoms with E-state index in [2.05, 4.69) is 5.32 Å². The fourth-order valence-electron chi connectivity index (χ4n) is 0.936. The molecular weight excluding hydrogens is 166 g/mol. The van der Waals surface area contributed by atoms with Crippen molar-refractivity contribution in [1.82, 2.24) is 5.32 Å². The standard InChI is InChI=1S/C10H21NO2/c1-5-8(6-7-12)11-9(13)10(2,3)4/h8,12H,5-7H2,1-4H3,(H,11,13). The van der Waals surface area contributed by atoms with Gasteiger partial charge in [0.2, 0.25) is 5.91 Å². The highest BCUT2D eigenvalue weighted by Crippen LogP contribution is 2.13. The first-order valence-electron chi connectivity index (χ1n) is 4.83. The van der Waals surface area contributed by atoms with Crippen molar-refractivity contribution >= 4 is 5.91 Å². The second kappa shape index (κ2) is 5.22. The summed E-state index contributed by atoms with van der Waals surface area (Å²) >= 11 is 0. The zero-order valence-corrected chi connectivity index (χ0v) is 9.05. The van der Waals surface area contributed by atoms with Gasteiger partial charge in [0, 0.05) is 18.1 Å². The molecule has 3 nitrogen and oxygen atoms in total. The molecular formula is C10H21NO2. The number of rotatable bonds is 4. The summed E-state index contributed by atoms with van der Waals surface area (Å²) in [5.41, 5.74) is -0.344. The fraction of sp³-hybridized carbons (Fsp3) is 0.900. The minimum Gasteiger partial charge on any atom is -0.396 e. The molecule has 0 aromatic rings. The molecule has 0 radical (unpaired) electrons. The van der Waals surface area contributed by atoms with Crippen molar-refractivity contribution in [3.8, 4) is 0 Å². The van der Waals surface area contributed by atoms with Crippen LogP contribution in [0.25, 0.3) is 0 Å². The highest BCUT2D eigenvalue weighted by atomic mass is 16.3. The molecule has 0 fully saturated rings. The second-order valence-corrected chi connectivity index (χ2v) is 4.34. The van der Waals surface area contributed by atoms with Gasteiger partial charge in [0.05, 0.1) is 0 Å². The van der Waals surface area contributed by atoms with Gasteiger partial charge in [0.1, 0.15) is 0 Å². The quantitative estimate of drug-likeness (QED) is 0.697. The van der Waals surface area contributed by atoms with Crippen LogP contribution in [-0.2, 0) is 4.79 Å². The third-order valence-corrected chi connectivity index (χ3v) is 1.99. The van der Waals surface area contributed by atoms with Crippen LogP contribution in [0.5, 0.6) is 0 Å². The van der Waals surface area contributed by atoms with Crippen LogP contribution >= 0.6 is 0 Å². The van der Waals surface area contributed by atoms with Crippen molar-refractivity contribution in [2.24, 2.45) is 5.41 Å². The number of hydrogen-bond donors (Lipinski definition) is 2. The van der Waals surface area contributed by atoms with Crippen LogP contribution in [0.1, 0.15) is 40.5 Å². The van der Waals surface area contributed by atoms with Gasteiger partial charge in [0.15, 0.2) is 0 Å². The Kier molecular flexibility index (Phi) is 4.99. The number of nitrogens with one attached hydrogen (secondary N) is 1. The summed E-state index contributed by atoms with van der Waals surface area (Å²) in [4.78, 5) is 11.5. The number of aliphatic hydroxyl groups excluding tert-OH is 1. The van der Waals surface area contributed by atoms with Crippen molar-refractivity contribution in [3.05, 3.63) is 0 Å². The fourth-order valence-corrected chi connectivity index (χ4v) is 0.936. The Hall–Kier alpha value is -0.570. The SMILES string of the molecule is CCC(CCO)NC(=O)C(C)(C)C. The molecule has 1 amide bonds. The van der Waals surface area contributed by atoms with Crippen LogP contribution < -0.4 is 5.32 Å². The Morgan fingerprint density at radius 3 is 2.31 bits per heavy atom. The summed E-state index contributed by atoms with van der Waals surface area (Å²) in [7, 11) is 0.